The summed E-state index contributed by atoms with van der Waals surface area (Å²) < 4.78 is 56.4. The van der Waals surface area contributed by atoms with Gasteiger partial charge >= 0.3 is 6.18 Å². The summed E-state index contributed by atoms with van der Waals surface area (Å²) in [6.07, 6.45) is -4.57. The number of piperazine rings is 1. The van der Waals surface area contributed by atoms with E-state index in [1.54, 1.807) is 4.90 Å². The molecule has 0 saturated carbocycles. The number of nitrogens with zero attached hydrogens (tertiary/aromatic N) is 4. The zero-order valence-corrected chi connectivity index (χ0v) is 15.3. The van der Waals surface area contributed by atoms with Crippen molar-refractivity contribution in [2.45, 2.75) is 6.18 Å². The van der Waals surface area contributed by atoms with Crippen molar-refractivity contribution in [1.82, 2.24) is 15.1 Å². The first kappa shape index (κ1) is 20.0. The first-order valence-corrected chi connectivity index (χ1v) is 8.85. The van der Waals surface area contributed by atoms with Crippen LogP contribution in [0.1, 0.15) is 15.4 Å². The molecule has 2 heterocycles. The lowest BCUT2D eigenvalue weighted by molar-refractivity contribution is -0.138. The molecule has 1 saturated heterocycles. The maximum atomic E-state index is 13.4. The molecule has 1 amide bonds. The normalized spacial score (nSPS) is 14.9. The molecule has 0 spiro atoms. The number of ketones is 1. The summed E-state index contributed by atoms with van der Waals surface area (Å²) in [5.41, 5.74) is -0.186. The Morgan fingerprint density at radius 3 is 2.39 bits per heavy atom. The molecule has 2 aromatic rings. The summed E-state index contributed by atoms with van der Waals surface area (Å²) in [4.78, 5) is 27.7. The van der Waals surface area contributed by atoms with Crippen molar-refractivity contribution in [1.29, 1.82) is 0 Å². The third-order valence-electron chi connectivity index (χ3n) is 4.09. The van der Waals surface area contributed by atoms with E-state index in [2.05, 4.69) is 10.2 Å². The fourth-order valence-electron chi connectivity index (χ4n) is 2.68. The molecule has 150 valence electrons. The van der Waals surface area contributed by atoms with Crippen molar-refractivity contribution in [3.8, 4) is 5.75 Å². The number of methoxy groups -OCH3 is 1. The molecule has 0 radical (unpaired) electrons. The molecule has 0 N–H and O–H groups in total. The van der Waals surface area contributed by atoms with Crippen molar-refractivity contribution >= 4 is 28.2 Å². The topological polar surface area (TPSA) is 75.6 Å². The number of amides is 1. The third-order valence-corrected chi connectivity index (χ3v) is 5.12. The molecule has 1 fully saturated rings. The van der Waals surface area contributed by atoms with E-state index in [1.165, 1.54) is 18.1 Å². The van der Waals surface area contributed by atoms with Crippen LogP contribution >= 0.6 is 11.3 Å². The molecule has 3 rings (SSSR count). The average Bonchev–Trinajstić information content (AvgIpc) is 3.17. The van der Waals surface area contributed by atoms with Gasteiger partial charge in [0.05, 0.1) is 12.7 Å². The van der Waals surface area contributed by atoms with Gasteiger partial charge in [-0.25, -0.2) is 4.39 Å². The van der Waals surface area contributed by atoms with E-state index in [0.29, 0.717) is 11.3 Å². The number of rotatable bonds is 4. The van der Waals surface area contributed by atoms with Crippen LogP contribution in [-0.2, 0) is 11.0 Å². The van der Waals surface area contributed by atoms with Gasteiger partial charge in [-0.15, -0.1) is 10.2 Å². The number of aromatic nitrogens is 2. The van der Waals surface area contributed by atoms with Gasteiger partial charge in [0.15, 0.2) is 0 Å². The number of Topliss-reactive ketones (excluding diaryl/α,β-unsaturated/α-hetero) is 1. The summed E-state index contributed by atoms with van der Waals surface area (Å²) in [6, 6.07) is 3.28. The zero-order valence-electron chi connectivity index (χ0n) is 14.5. The van der Waals surface area contributed by atoms with Crippen molar-refractivity contribution in [2.24, 2.45) is 0 Å². The second kappa shape index (κ2) is 7.70. The van der Waals surface area contributed by atoms with Gasteiger partial charge in [0, 0.05) is 26.2 Å². The van der Waals surface area contributed by atoms with Crippen LogP contribution in [0.4, 0.5) is 22.7 Å². The molecule has 12 heteroatoms. The molecule has 0 atom stereocenters. The second-order valence-electron chi connectivity index (χ2n) is 5.84. The summed E-state index contributed by atoms with van der Waals surface area (Å²) in [5, 5.41) is 5.72. The van der Waals surface area contributed by atoms with Gasteiger partial charge < -0.3 is 14.5 Å². The number of anilines is 1. The Morgan fingerprint density at radius 2 is 1.82 bits per heavy atom. The van der Waals surface area contributed by atoms with Crippen molar-refractivity contribution in [3.63, 3.8) is 0 Å². The lowest BCUT2D eigenvalue weighted by atomic mass is 10.1. The monoisotopic (exact) mass is 418 g/mol. The van der Waals surface area contributed by atoms with Gasteiger partial charge in [-0.1, -0.05) is 11.3 Å². The second-order valence-corrected chi connectivity index (χ2v) is 6.80. The van der Waals surface area contributed by atoms with Gasteiger partial charge in [0.25, 0.3) is 11.7 Å². The minimum atomic E-state index is -4.57. The maximum absolute atomic E-state index is 13.4. The minimum absolute atomic E-state index is 0.0759. The highest BCUT2D eigenvalue weighted by Gasteiger charge is 2.37. The van der Waals surface area contributed by atoms with E-state index in [-0.39, 0.29) is 42.6 Å². The van der Waals surface area contributed by atoms with Gasteiger partial charge in [-0.2, -0.15) is 13.2 Å². The Morgan fingerprint density at radius 1 is 1.14 bits per heavy atom. The lowest BCUT2D eigenvalue weighted by Gasteiger charge is -2.33. The van der Waals surface area contributed by atoms with E-state index < -0.39 is 28.7 Å². The Labute approximate surface area is 160 Å². The minimum Gasteiger partial charge on any atom is -0.496 e. The standard InChI is InChI=1S/C16H14F4N4O3S/c1-27-11-3-2-9(17)8-10(11)12(25)13(26)23-4-6-24(7-5-23)15-22-21-14(28-15)16(18,19)20/h2-3,8H,4-7H2,1H3. The van der Waals surface area contributed by atoms with E-state index in [4.69, 9.17) is 4.74 Å². The predicted molar refractivity (Wildman–Crippen MR) is 91.0 cm³/mol. The van der Waals surface area contributed by atoms with Crippen molar-refractivity contribution in [2.75, 3.05) is 38.2 Å². The Hall–Kier alpha value is -2.76. The van der Waals surface area contributed by atoms with Crippen molar-refractivity contribution < 1.29 is 31.9 Å². The molecule has 1 aromatic heterocycles. The molecular weight excluding hydrogens is 404 g/mol. The molecule has 1 aliphatic heterocycles. The number of halogens is 4. The Balaban J connectivity index is 1.66. The van der Waals surface area contributed by atoms with Crippen LogP contribution in [0, 0.1) is 5.82 Å². The first-order valence-electron chi connectivity index (χ1n) is 8.03. The molecule has 0 bridgehead atoms. The molecule has 28 heavy (non-hydrogen) atoms. The van der Waals surface area contributed by atoms with Gasteiger partial charge in [0.1, 0.15) is 11.6 Å². The summed E-state index contributed by atoms with van der Waals surface area (Å²) in [7, 11) is 1.30. The highest BCUT2D eigenvalue weighted by molar-refractivity contribution is 7.15. The quantitative estimate of drug-likeness (QED) is 0.431. The highest BCUT2D eigenvalue weighted by atomic mass is 32.1. The summed E-state index contributed by atoms with van der Waals surface area (Å²) in [6.45, 7) is 0.573. The van der Waals surface area contributed by atoms with E-state index >= 15 is 0 Å². The number of hydrogen-bond donors (Lipinski definition) is 0. The summed E-state index contributed by atoms with van der Waals surface area (Å²) >= 11 is 0.416. The van der Waals surface area contributed by atoms with Crippen LogP contribution < -0.4 is 9.64 Å². The molecular formula is C16H14F4N4O3S. The van der Waals surface area contributed by atoms with Crippen LogP contribution in [0.2, 0.25) is 0 Å². The number of benzene rings is 1. The zero-order chi connectivity index (χ0) is 20.5. The van der Waals surface area contributed by atoms with Gasteiger partial charge in [-0.3, -0.25) is 9.59 Å². The van der Waals surface area contributed by atoms with Crippen molar-refractivity contribution in [3.05, 3.63) is 34.6 Å². The van der Waals surface area contributed by atoms with Crippen LogP contribution in [-0.4, -0.2) is 60.1 Å². The molecule has 0 unspecified atom stereocenters. The number of carbonyl (C=O) groups excluding carboxylic acids is 2. The van der Waals surface area contributed by atoms with Crippen LogP contribution in [0.3, 0.4) is 0 Å². The van der Waals surface area contributed by atoms with Gasteiger partial charge in [-0.05, 0) is 18.2 Å². The molecule has 1 aromatic carbocycles. The summed E-state index contributed by atoms with van der Waals surface area (Å²) in [5.74, 6) is -2.36. The van der Waals surface area contributed by atoms with Gasteiger partial charge in [0.2, 0.25) is 10.1 Å². The van der Waals surface area contributed by atoms with Crippen LogP contribution in [0.15, 0.2) is 18.2 Å². The maximum Gasteiger partial charge on any atom is 0.445 e. The lowest BCUT2D eigenvalue weighted by Crippen LogP contribution is -2.50. The fraction of sp³-hybridized carbons (Fsp3) is 0.375. The predicted octanol–water partition coefficient (Wildman–Crippen LogP) is 2.24. The number of ether oxygens (including phenoxy) is 1. The fourth-order valence-corrected chi connectivity index (χ4v) is 3.44. The third kappa shape index (κ3) is 4.06. The molecule has 0 aliphatic carbocycles. The smallest absolute Gasteiger partial charge is 0.445 e. The Kier molecular flexibility index (Phi) is 5.49. The van der Waals surface area contributed by atoms with E-state index in [0.717, 1.165) is 12.1 Å². The number of alkyl halides is 3. The largest absolute Gasteiger partial charge is 0.496 e. The Bertz CT molecular complexity index is 894. The van der Waals surface area contributed by atoms with E-state index in [9.17, 15) is 27.2 Å². The number of hydrogen-bond acceptors (Lipinski definition) is 7. The van der Waals surface area contributed by atoms with Crippen LogP contribution in [0.5, 0.6) is 5.75 Å². The number of carbonyl (C=O) groups is 2. The molecule has 1 aliphatic rings. The first-order chi connectivity index (χ1) is 13.2. The SMILES string of the molecule is COc1ccc(F)cc1C(=O)C(=O)N1CCN(c2nnc(C(F)(F)F)s2)CC1. The van der Waals surface area contributed by atoms with Crippen LogP contribution in [0.25, 0.3) is 0 Å². The molecule has 7 nitrogen and oxygen atoms in total. The average molecular weight is 418 g/mol. The van der Waals surface area contributed by atoms with E-state index in [1.807, 2.05) is 0 Å². The highest BCUT2D eigenvalue weighted by Crippen LogP contribution is 2.34.